The molecule has 0 atom stereocenters. The predicted molar refractivity (Wildman–Crippen MR) is 96.7 cm³/mol. The van der Waals surface area contributed by atoms with Crippen molar-refractivity contribution in [1.29, 1.82) is 0 Å². The number of aromatic nitrogens is 5. The average Bonchev–Trinajstić information content (AvgIpc) is 3.41. The quantitative estimate of drug-likeness (QED) is 0.301. The van der Waals surface area contributed by atoms with Crippen LogP contribution >= 0.6 is 11.8 Å². The van der Waals surface area contributed by atoms with E-state index in [4.69, 9.17) is 14.8 Å². The second kappa shape index (κ2) is 7.44. The summed E-state index contributed by atoms with van der Waals surface area (Å²) in [5, 5.41) is 12.8. The monoisotopic (exact) mass is 368 g/mol. The highest BCUT2D eigenvalue weighted by Gasteiger charge is 2.14. The Morgan fingerprint density at radius 3 is 2.77 bits per heavy atom. The lowest BCUT2D eigenvalue weighted by Crippen LogP contribution is -2.11. The van der Waals surface area contributed by atoms with Crippen LogP contribution in [0.5, 0.6) is 0 Å². The third kappa shape index (κ3) is 3.47. The van der Waals surface area contributed by atoms with Crippen LogP contribution in [-0.4, -0.2) is 30.8 Å². The number of hydrogen-bond acceptors (Lipinski definition) is 8. The van der Waals surface area contributed by atoms with E-state index in [1.54, 1.807) is 18.4 Å². The number of nitrogens with zero attached hydrogens (tertiary/aromatic N) is 5. The Balaban J connectivity index is 1.30. The summed E-state index contributed by atoms with van der Waals surface area (Å²) in [5.74, 6) is 9.15. The zero-order valence-electron chi connectivity index (χ0n) is 13.8. The number of aryl methyl sites for hydroxylation is 1. The molecule has 0 fully saturated rings. The maximum atomic E-state index is 6.03. The lowest BCUT2D eigenvalue weighted by atomic mass is 10.2. The number of nitrogens with two attached hydrogens (primary N) is 1. The van der Waals surface area contributed by atoms with E-state index in [2.05, 4.69) is 20.3 Å². The van der Waals surface area contributed by atoms with Gasteiger partial charge >= 0.3 is 0 Å². The normalized spacial score (nSPS) is 11.1. The van der Waals surface area contributed by atoms with Gasteiger partial charge in [0.1, 0.15) is 0 Å². The van der Waals surface area contributed by atoms with E-state index in [0.717, 1.165) is 17.7 Å². The van der Waals surface area contributed by atoms with E-state index in [1.807, 2.05) is 30.3 Å². The second-order valence-corrected chi connectivity index (χ2v) is 6.55. The van der Waals surface area contributed by atoms with Crippen molar-refractivity contribution in [2.24, 2.45) is 0 Å². The molecule has 0 saturated carbocycles. The Morgan fingerprint density at radius 1 is 1.08 bits per heavy atom. The van der Waals surface area contributed by atoms with Gasteiger partial charge < -0.3 is 14.8 Å². The van der Waals surface area contributed by atoms with Gasteiger partial charge in [-0.2, -0.15) is 4.98 Å². The Bertz CT molecular complexity index is 964. The van der Waals surface area contributed by atoms with Crippen LogP contribution in [0.15, 0.2) is 62.8 Å². The minimum atomic E-state index is 0.502. The molecule has 2 N–H and O–H groups in total. The van der Waals surface area contributed by atoms with Gasteiger partial charge in [0.05, 0.1) is 6.26 Å². The molecule has 26 heavy (non-hydrogen) atoms. The average molecular weight is 368 g/mol. The van der Waals surface area contributed by atoms with Gasteiger partial charge in [0, 0.05) is 17.7 Å². The molecule has 0 amide bonds. The van der Waals surface area contributed by atoms with Crippen molar-refractivity contribution in [2.45, 2.75) is 18.0 Å². The summed E-state index contributed by atoms with van der Waals surface area (Å²) in [6, 6.07) is 13.3. The van der Waals surface area contributed by atoms with Crippen LogP contribution in [0.25, 0.3) is 23.0 Å². The standard InChI is InChI=1S/C17H16N6O2S/c18-23-16(13-8-4-10-24-13)20-21-17(23)26-11-5-9-14-19-15(22-25-14)12-6-2-1-3-7-12/h1-4,6-8,10H,5,9,11,18H2. The number of rotatable bonds is 7. The summed E-state index contributed by atoms with van der Waals surface area (Å²) in [6.07, 6.45) is 3.12. The molecule has 0 unspecified atom stereocenters. The zero-order valence-corrected chi connectivity index (χ0v) is 14.6. The Labute approximate surface area is 153 Å². The van der Waals surface area contributed by atoms with Crippen LogP contribution in [0.2, 0.25) is 0 Å². The van der Waals surface area contributed by atoms with Gasteiger partial charge in [-0.3, -0.25) is 0 Å². The summed E-state index contributed by atoms with van der Waals surface area (Å²) in [5.41, 5.74) is 0.943. The van der Waals surface area contributed by atoms with Gasteiger partial charge in [0.25, 0.3) is 0 Å². The first-order valence-electron chi connectivity index (χ1n) is 8.06. The van der Waals surface area contributed by atoms with Crippen molar-refractivity contribution < 1.29 is 8.94 Å². The molecule has 0 saturated heterocycles. The Morgan fingerprint density at radius 2 is 1.96 bits per heavy atom. The molecular formula is C17H16N6O2S. The van der Waals surface area contributed by atoms with Crippen molar-refractivity contribution >= 4 is 11.8 Å². The molecule has 0 radical (unpaired) electrons. The molecule has 0 bridgehead atoms. The third-order valence-corrected chi connectivity index (χ3v) is 4.70. The summed E-state index contributed by atoms with van der Waals surface area (Å²) < 4.78 is 12.0. The SMILES string of the molecule is Nn1c(SCCCc2nc(-c3ccccc3)no2)nnc1-c1ccco1. The van der Waals surface area contributed by atoms with Crippen LogP contribution in [-0.2, 0) is 6.42 Å². The molecule has 0 spiro atoms. The summed E-state index contributed by atoms with van der Waals surface area (Å²) in [6.45, 7) is 0. The molecule has 8 nitrogen and oxygen atoms in total. The molecule has 4 rings (SSSR count). The molecule has 9 heteroatoms. The van der Waals surface area contributed by atoms with Gasteiger partial charge in [0.15, 0.2) is 5.76 Å². The zero-order chi connectivity index (χ0) is 17.8. The molecule has 0 aliphatic carbocycles. The number of thioether (sulfide) groups is 1. The molecule has 4 aromatic rings. The lowest BCUT2D eigenvalue weighted by molar-refractivity contribution is 0.378. The van der Waals surface area contributed by atoms with E-state index < -0.39 is 0 Å². The Hall–Kier alpha value is -3.07. The van der Waals surface area contributed by atoms with Crippen LogP contribution in [0, 0.1) is 0 Å². The van der Waals surface area contributed by atoms with Gasteiger partial charge in [-0.1, -0.05) is 47.3 Å². The van der Waals surface area contributed by atoms with Crippen molar-refractivity contribution in [3.05, 3.63) is 54.6 Å². The van der Waals surface area contributed by atoms with Gasteiger partial charge in [0.2, 0.25) is 22.7 Å². The van der Waals surface area contributed by atoms with E-state index >= 15 is 0 Å². The van der Waals surface area contributed by atoms with Crippen molar-refractivity contribution in [3.8, 4) is 23.0 Å². The fourth-order valence-corrected chi connectivity index (χ4v) is 3.19. The molecule has 3 aromatic heterocycles. The first-order valence-corrected chi connectivity index (χ1v) is 9.05. The lowest BCUT2D eigenvalue weighted by Gasteiger charge is -2.01. The van der Waals surface area contributed by atoms with Crippen LogP contribution in [0.4, 0.5) is 0 Å². The van der Waals surface area contributed by atoms with Crippen molar-refractivity contribution in [3.63, 3.8) is 0 Å². The smallest absolute Gasteiger partial charge is 0.226 e. The van der Waals surface area contributed by atoms with E-state index in [1.165, 1.54) is 16.4 Å². The highest BCUT2D eigenvalue weighted by Crippen LogP contribution is 2.22. The minimum Gasteiger partial charge on any atom is -0.461 e. The van der Waals surface area contributed by atoms with Crippen LogP contribution < -0.4 is 5.84 Å². The second-order valence-electron chi connectivity index (χ2n) is 5.48. The summed E-state index contributed by atoms with van der Waals surface area (Å²) in [7, 11) is 0. The van der Waals surface area contributed by atoms with E-state index in [9.17, 15) is 0 Å². The first-order chi connectivity index (χ1) is 12.8. The van der Waals surface area contributed by atoms with E-state index in [0.29, 0.717) is 34.9 Å². The number of hydrogen-bond donors (Lipinski definition) is 1. The molecule has 1 aromatic carbocycles. The molecule has 3 heterocycles. The van der Waals surface area contributed by atoms with Crippen molar-refractivity contribution in [1.82, 2.24) is 25.0 Å². The highest BCUT2D eigenvalue weighted by atomic mass is 32.2. The molecule has 0 aliphatic rings. The largest absolute Gasteiger partial charge is 0.461 e. The number of furan rings is 1. The third-order valence-electron chi connectivity index (χ3n) is 3.67. The first kappa shape index (κ1) is 16.4. The molecule has 0 aliphatic heterocycles. The summed E-state index contributed by atoms with van der Waals surface area (Å²) >= 11 is 1.52. The van der Waals surface area contributed by atoms with Gasteiger partial charge in [-0.05, 0) is 18.6 Å². The van der Waals surface area contributed by atoms with Gasteiger partial charge in [-0.25, -0.2) is 4.68 Å². The fraction of sp³-hybridized carbons (Fsp3) is 0.176. The predicted octanol–water partition coefficient (Wildman–Crippen LogP) is 3.03. The minimum absolute atomic E-state index is 0.502. The number of nitrogen functional groups attached to an aromatic ring is 1. The maximum Gasteiger partial charge on any atom is 0.226 e. The molecule has 132 valence electrons. The van der Waals surface area contributed by atoms with Crippen molar-refractivity contribution in [2.75, 3.05) is 11.6 Å². The number of benzene rings is 1. The highest BCUT2D eigenvalue weighted by molar-refractivity contribution is 7.99. The topological polar surface area (TPSA) is 109 Å². The molecular weight excluding hydrogens is 352 g/mol. The van der Waals surface area contributed by atoms with Crippen LogP contribution in [0.1, 0.15) is 12.3 Å². The van der Waals surface area contributed by atoms with E-state index in [-0.39, 0.29) is 0 Å². The summed E-state index contributed by atoms with van der Waals surface area (Å²) in [4.78, 5) is 4.42. The van der Waals surface area contributed by atoms with Gasteiger partial charge in [-0.15, -0.1) is 10.2 Å². The van der Waals surface area contributed by atoms with Crippen LogP contribution in [0.3, 0.4) is 0 Å². The fourth-order valence-electron chi connectivity index (χ4n) is 2.40. The Kier molecular flexibility index (Phi) is 4.69. The maximum absolute atomic E-state index is 6.03.